The van der Waals surface area contributed by atoms with E-state index >= 15 is 0 Å². The van der Waals surface area contributed by atoms with Crippen LogP contribution in [0.4, 0.5) is 4.39 Å². The zero-order chi connectivity index (χ0) is 25.1. The lowest BCUT2D eigenvalue weighted by molar-refractivity contribution is 0.0353. The molecule has 0 spiro atoms. The lowest BCUT2D eigenvalue weighted by Gasteiger charge is -2.29. The molecule has 1 atom stereocenters. The Morgan fingerprint density at radius 3 is 2.69 bits per heavy atom. The number of amides is 1. The quantitative estimate of drug-likeness (QED) is 0.411. The fourth-order valence-corrected chi connectivity index (χ4v) is 4.97. The molecule has 1 fully saturated rings. The van der Waals surface area contributed by atoms with Crippen LogP contribution in [0.1, 0.15) is 53.9 Å². The van der Waals surface area contributed by atoms with Crippen LogP contribution in [0.15, 0.2) is 51.7 Å². The van der Waals surface area contributed by atoms with Gasteiger partial charge in [-0.1, -0.05) is 25.5 Å². The summed E-state index contributed by atoms with van der Waals surface area (Å²) >= 11 is 0. The molecule has 2 aliphatic heterocycles. The Balaban J connectivity index is 1.51. The first-order valence-corrected chi connectivity index (χ1v) is 12.7. The average Bonchev–Trinajstić information content (AvgIpc) is 3.17. The fraction of sp³-hybridized carbons (Fsp3) is 0.429. The van der Waals surface area contributed by atoms with Gasteiger partial charge in [0, 0.05) is 26.2 Å². The van der Waals surface area contributed by atoms with Crippen molar-refractivity contribution in [1.29, 1.82) is 0 Å². The second kappa shape index (κ2) is 10.8. The monoisotopic (exact) mass is 494 g/mol. The van der Waals surface area contributed by atoms with E-state index in [9.17, 15) is 14.0 Å². The number of fused-ring (bicyclic) bond motifs is 2. The van der Waals surface area contributed by atoms with Crippen LogP contribution in [-0.4, -0.2) is 61.7 Å². The molecule has 36 heavy (non-hydrogen) atoms. The Morgan fingerprint density at radius 1 is 1.06 bits per heavy atom. The lowest BCUT2D eigenvalue weighted by Crippen LogP contribution is -2.38. The normalized spacial score (nSPS) is 18.1. The van der Waals surface area contributed by atoms with Gasteiger partial charge in [-0.3, -0.25) is 14.5 Å². The molecule has 1 saturated heterocycles. The number of halogens is 1. The SMILES string of the molecule is CCCCOc1cccc([C@@H]2c3c(oc4ccc(F)cc4c3=O)C(=O)N2CCCN2CCOCC2)c1. The van der Waals surface area contributed by atoms with Crippen LogP contribution in [0.5, 0.6) is 5.75 Å². The Kier molecular flexibility index (Phi) is 7.34. The van der Waals surface area contributed by atoms with Crippen molar-refractivity contribution in [2.45, 2.75) is 32.2 Å². The molecular formula is C28H31FN2O5. The molecule has 7 nitrogen and oxygen atoms in total. The summed E-state index contributed by atoms with van der Waals surface area (Å²) in [6.45, 7) is 7.13. The smallest absolute Gasteiger partial charge is 0.290 e. The molecule has 0 bridgehead atoms. The van der Waals surface area contributed by atoms with Gasteiger partial charge in [0.15, 0.2) is 5.43 Å². The zero-order valence-electron chi connectivity index (χ0n) is 20.5. The maximum atomic E-state index is 14.0. The molecule has 5 rings (SSSR count). The minimum absolute atomic E-state index is 0.0350. The van der Waals surface area contributed by atoms with Gasteiger partial charge in [0.2, 0.25) is 5.76 Å². The first-order valence-electron chi connectivity index (χ1n) is 12.7. The molecular weight excluding hydrogens is 463 g/mol. The molecule has 2 aromatic carbocycles. The Morgan fingerprint density at radius 2 is 1.89 bits per heavy atom. The largest absolute Gasteiger partial charge is 0.494 e. The van der Waals surface area contributed by atoms with Crippen molar-refractivity contribution < 1.29 is 23.1 Å². The fourth-order valence-electron chi connectivity index (χ4n) is 4.97. The summed E-state index contributed by atoms with van der Waals surface area (Å²) in [7, 11) is 0. The molecule has 2 aliphatic rings. The molecule has 190 valence electrons. The zero-order valence-corrected chi connectivity index (χ0v) is 20.5. The third-order valence-corrected chi connectivity index (χ3v) is 6.85. The predicted octanol–water partition coefficient (Wildman–Crippen LogP) is 4.38. The third kappa shape index (κ3) is 4.88. The van der Waals surface area contributed by atoms with Crippen LogP contribution in [0, 0.1) is 5.82 Å². The summed E-state index contributed by atoms with van der Waals surface area (Å²) < 4.78 is 31.2. The van der Waals surface area contributed by atoms with Gasteiger partial charge >= 0.3 is 0 Å². The van der Waals surface area contributed by atoms with Crippen LogP contribution >= 0.6 is 0 Å². The molecule has 0 unspecified atom stereocenters. The first-order chi connectivity index (χ1) is 17.6. The Hall–Kier alpha value is -3.23. The van der Waals surface area contributed by atoms with Gasteiger partial charge in [0.25, 0.3) is 5.91 Å². The summed E-state index contributed by atoms with van der Waals surface area (Å²) in [5.41, 5.74) is 0.858. The maximum absolute atomic E-state index is 14.0. The molecule has 0 radical (unpaired) electrons. The second-order valence-electron chi connectivity index (χ2n) is 9.30. The van der Waals surface area contributed by atoms with E-state index in [-0.39, 0.29) is 33.6 Å². The third-order valence-electron chi connectivity index (χ3n) is 6.85. The molecule has 0 N–H and O–H groups in total. The highest BCUT2D eigenvalue weighted by molar-refractivity contribution is 5.99. The highest BCUT2D eigenvalue weighted by Crippen LogP contribution is 2.39. The maximum Gasteiger partial charge on any atom is 0.290 e. The number of nitrogens with zero attached hydrogens (tertiary/aromatic N) is 2. The van der Waals surface area contributed by atoms with Crippen molar-refractivity contribution in [1.82, 2.24) is 9.80 Å². The van der Waals surface area contributed by atoms with E-state index < -0.39 is 11.9 Å². The van der Waals surface area contributed by atoms with Crippen molar-refractivity contribution >= 4 is 16.9 Å². The van der Waals surface area contributed by atoms with Crippen LogP contribution in [-0.2, 0) is 4.74 Å². The van der Waals surface area contributed by atoms with Crippen LogP contribution in [0.25, 0.3) is 11.0 Å². The summed E-state index contributed by atoms with van der Waals surface area (Å²) in [6.07, 6.45) is 2.70. The Bertz CT molecular complexity index is 1300. The van der Waals surface area contributed by atoms with Gasteiger partial charge in [0.1, 0.15) is 17.1 Å². The minimum atomic E-state index is -0.629. The van der Waals surface area contributed by atoms with Crippen molar-refractivity contribution in [3.63, 3.8) is 0 Å². The summed E-state index contributed by atoms with van der Waals surface area (Å²) in [4.78, 5) is 31.2. The summed E-state index contributed by atoms with van der Waals surface area (Å²) in [5.74, 6) is -0.124. The van der Waals surface area contributed by atoms with E-state index in [1.807, 2.05) is 24.3 Å². The van der Waals surface area contributed by atoms with Crippen molar-refractivity contribution in [3.05, 3.63) is 75.4 Å². The predicted molar refractivity (Wildman–Crippen MR) is 134 cm³/mol. The molecule has 1 aromatic heterocycles. The number of carbonyl (C=O) groups excluding carboxylic acids is 1. The number of unbranched alkanes of at least 4 members (excludes halogenated alkanes) is 1. The van der Waals surface area contributed by atoms with E-state index in [1.165, 1.54) is 18.2 Å². The van der Waals surface area contributed by atoms with E-state index in [0.29, 0.717) is 32.1 Å². The average molecular weight is 495 g/mol. The number of carbonyl (C=O) groups is 1. The van der Waals surface area contributed by atoms with E-state index in [2.05, 4.69) is 11.8 Å². The molecule has 3 aromatic rings. The molecule has 3 heterocycles. The number of morpholine rings is 1. The lowest BCUT2D eigenvalue weighted by atomic mass is 9.98. The van der Waals surface area contributed by atoms with Crippen LogP contribution in [0.3, 0.4) is 0 Å². The highest BCUT2D eigenvalue weighted by Gasteiger charge is 2.42. The highest BCUT2D eigenvalue weighted by atomic mass is 19.1. The van der Waals surface area contributed by atoms with Crippen molar-refractivity contribution in [2.24, 2.45) is 0 Å². The van der Waals surface area contributed by atoms with Gasteiger partial charge in [-0.25, -0.2) is 4.39 Å². The number of hydrogen-bond donors (Lipinski definition) is 0. The van der Waals surface area contributed by atoms with Crippen molar-refractivity contribution in [2.75, 3.05) is 46.0 Å². The van der Waals surface area contributed by atoms with E-state index in [4.69, 9.17) is 13.9 Å². The number of rotatable bonds is 9. The molecule has 0 aliphatic carbocycles. The molecule has 0 saturated carbocycles. The number of hydrogen-bond acceptors (Lipinski definition) is 6. The van der Waals surface area contributed by atoms with E-state index in [1.54, 1.807) is 4.90 Å². The van der Waals surface area contributed by atoms with E-state index in [0.717, 1.165) is 44.5 Å². The van der Waals surface area contributed by atoms with Gasteiger partial charge in [-0.15, -0.1) is 0 Å². The summed E-state index contributed by atoms with van der Waals surface area (Å²) in [6, 6.07) is 10.7. The van der Waals surface area contributed by atoms with Gasteiger partial charge in [-0.2, -0.15) is 0 Å². The first kappa shape index (κ1) is 24.5. The van der Waals surface area contributed by atoms with Crippen molar-refractivity contribution in [3.8, 4) is 5.75 Å². The minimum Gasteiger partial charge on any atom is -0.494 e. The summed E-state index contributed by atoms with van der Waals surface area (Å²) in [5, 5.41) is 0.136. The molecule has 8 heteroatoms. The second-order valence-corrected chi connectivity index (χ2v) is 9.30. The van der Waals surface area contributed by atoms with Gasteiger partial charge < -0.3 is 18.8 Å². The number of benzene rings is 2. The van der Waals surface area contributed by atoms with Crippen LogP contribution < -0.4 is 10.2 Å². The Labute approximate surface area is 209 Å². The molecule has 1 amide bonds. The van der Waals surface area contributed by atoms with Crippen LogP contribution in [0.2, 0.25) is 0 Å². The van der Waals surface area contributed by atoms with Gasteiger partial charge in [-0.05, 0) is 48.7 Å². The topological polar surface area (TPSA) is 72.2 Å². The van der Waals surface area contributed by atoms with Gasteiger partial charge in [0.05, 0.1) is 36.8 Å². The standard InChI is InChI=1S/C28H31FN2O5/c1-2-3-14-35-21-7-4-6-19(17-21)25-24-26(32)22-18-20(29)8-9-23(22)36-27(24)28(33)31(25)11-5-10-30-12-15-34-16-13-30/h4,6-9,17-18,25H,2-3,5,10-16H2,1H3/t25-/m1/s1. The number of ether oxygens (including phenoxy) is 2.